The van der Waals surface area contributed by atoms with Crippen LogP contribution in [0.5, 0.6) is 0 Å². The second kappa shape index (κ2) is 6.50. The smallest absolute Gasteiger partial charge is 0.205 e. The van der Waals surface area contributed by atoms with Gasteiger partial charge in [-0.25, -0.2) is 0 Å². The van der Waals surface area contributed by atoms with E-state index < -0.39 is 0 Å². The van der Waals surface area contributed by atoms with Crippen LogP contribution in [0.25, 0.3) is 0 Å². The van der Waals surface area contributed by atoms with Gasteiger partial charge in [-0.1, -0.05) is 0 Å². The molecule has 5 nitrogen and oxygen atoms in total. The van der Waals surface area contributed by atoms with E-state index in [0.29, 0.717) is 12.5 Å². The molecule has 1 rings (SSSR count). The molecule has 14 heavy (non-hydrogen) atoms. The number of ether oxygens (including phenoxy) is 2. The molecule has 0 saturated carbocycles. The molecule has 0 aromatic rings. The van der Waals surface area contributed by atoms with Crippen LogP contribution >= 0.6 is 0 Å². The molecule has 1 saturated heterocycles. The number of nitrogens with zero attached hydrogens (tertiary/aromatic N) is 3. The predicted molar refractivity (Wildman–Crippen MR) is 55.9 cm³/mol. The highest BCUT2D eigenvalue weighted by atomic mass is 16.5. The minimum atomic E-state index is 0.563. The summed E-state index contributed by atoms with van der Waals surface area (Å²) in [5, 5.41) is 7.05. The standard InChI is InChI=1S/C9H17N3O2/c1-9(11-10-2)14-8-5-12-3-6-13-7-4-12/h2-8H2,1H3/b11-9+. The van der Waals surface area contributed by atoms with Crippen LogP contribution in [0.15, 0.2) is 10.2 Å². The molecule has 0 unspecified atom stereocenters. The van der Waals surface area contributed by atoms with E-state index in [9.17, 15) is 0 Å². The molecular weight excluding hydrogens is 182 g/mol. The van der Waals surface area contributed by atoms with E-state index in [-0.39, 0.29) is 0 Å². The van der Waals surface area contributed by atoms with Crippen molar-refractivity contribution in [2.24, 2.45) is 10.2 Å². The third kappa shape index (κ3) is 4.34. The summed E-state index contributed by atoms with van der Waals surface area (Å²) in [6.45, 7) is 10.2. The Balaban J connectivity index is 2.07. The van der Waals surface area contributed by atoms with Crippen molar-refractivity contribution in [3.05, 3.63) is 0 Å². The summed E-state index contributed by atoms with van der Waals surface area (Å²) >= 11 is 0. The van der Waals surface area contributed by atoms with Crippen molar-refractivity contribution in [3.63, 3.8) is 0 Å². The minimum Gasteiger partial charge on any atom is -0.478 e. The second-order valence-corrected chi connectivity index (χ2v) is 3.06. The van der Waals surface area contributed by atoms with Gasteiger partial charge in [-0.3, -0.25) is 4.90 Å². The second-order valence-electron chi connectivity index (χ2n) is 3.06. The van der Waals surface area contributed by atoms with E-state index in [0.717, 1.165) is 32.8 Å². The molecule has 0 radical (unpaired) electrons. The minimum absolute atomic E-state index is 0.563. The van der Waals surface area contributed by atoms with Crippen molar-refractivity contribution in [2.75, 3.05) is 39.5 Å². The van der Waals surface area contributed by atoms with Gasteiger partial charge in [0.25, 0.3) is 0 Å². The first-order chi connectivity index (χ1) is 6.83. The third-order valence-corrected chi connectivity index (χ3v) is 2.03. The summed E-state index contributed by atoms with van der Waals surface area (Å²) in [7, 11) is 0. The highest BCUT2D eigenvalue weighted by molar-refractivity contribution is 5.73. The van der Waals surface area contributed by atoms with Gasteiger partial charge in [-0.15, -0.1) is 5.10 Å². The van der Waals surface area contributed by atoms with E-state index in [1.54, 1.807) is 6.92 Å². The molecular formula is C9H17N3O2. The molecule has 5 heteroatoms. The molecule has 0 spiro atoms. The molecule has 1 aliphatic heterocycles. The number of hydrogen-bond acceptors (Lipinski definition) is 5. The van der Waals surface area contributed by atoms with Crippen LogP contribution in [-0.2, 0) is 9.47 Å². The molecule has 0 atom stereocenters. The number of morpholine rings is 1. The van der Waals surface area contributed by atoms with E-state index in [1.807, 2.05) is 0 Å². The van der Waals surface area contributed by atoms with Crippen LogP contribution in [0.4, 0.5) is 0 Å². The fraction of sp³-hybridized carbons (Fsp3) is 0.778. The average molecular weight is 199 g/mol. The van der Waals surface area contributed by atoms with Crippen LogP contribution in [0, 0.1) is 0 Å². The Bertz CT molecular complexity index is 200. The van der Waals surface area contributed by atoms with Crippen molar-refractivity contribution in [1.29, 1.82) is 0 Å². The normalized spacial score (nSPS) is 19.4. The molecule has 0 N–H and O–H groups in total. The molecule has 1 fully saturated rings. The highest BCUT2D eigenvalue weighted by Gasteiger charge is 2.09. The maximum absolute atomic E-state index is 5.32. The van der Waals surface area contributed by atoms with Gasteiger partial charge in [0.15, 0.2) is 0 Å². The zero-order chi connectivity index (χ0) is 10.2. The molecule has 0 bridgehead atoms. The quantitative estimate of drug-likeness (QED) is 0.373. The van der Waals surface area contributed by atoms with E-state index in [4.69, 9.17) is 9.47 Å². The zero-order valence-electron chi connectivity index (χ0n) is 8.61. The summed E-state index contributed by atoms with van der Waals surface area (Å²) < 4.78 is 10.6. The van der Waals surface area contributed by atoms with Crippen LogP contribution in [0.3, 0.4) is 0 Å². The van der Waals surface area contributed by atoms with Crippen molar-refractivity contribution in [3.8, 4) is 0 Å². The first-order valence-electron chi connectivity index (χ1n) is 4.76. The van der Waals surface area contributed by atoms with E-state index in [1.165, 1.54) is 0 Å². The summed E-state index contributed by atoms with van der Waals surface area (Å²) in [6, 6.07) is 0. The lowest BCUT2D eigenvalue weighted by atomic mass is 10.4. The van der Waals surface area contributed by atoms with Gasteiger partial charge in [-0.05, 0) is 0 Å². The highest BCUT2D eigenvalue weighted by Crippen LogP contribution is 1.96. The molecule has 0 aromatic heterocycles. The third-order valence-electron chi connectivity index (χ3n) is 2.03. The van der Waals surface area contributed by atoms with Gasteiger partial charge < -0.3 is 9.47 Å². The Labute approximate surface area is 84.4 Å². The largest absolute Gasteiger partial charge is 0.478 e. The van der Waals surface area contributed by atoms with Gasteiger partial charge in [0.05, 0.1) is 13.2 Å². The van der Waals surface area contributed by atoms with Gasteiger partial charge in [-0.2, -0.15) is 5.10 Å². The molecule has 80 valence electrons. The van der Waals surface area contributed by atoms with Gasteiger partial charge in [0.2, 0.25) is 5.90 Å². The molecule has 0 aliphatic carbocycles. The Morgan fingerprint density at radius 2 is 2.21 bits per heavy atom. The maximum Gasteiger partial charge on any atom is 0.205 e. The average Bonchev–Trinajstić information content (AvgIpc) is 2.20. The fourth-order valence-corrected chi connectivity index (χ4v) is 1.28. The first-order valence-corrected chi connectivity index (χ1v) is 4.76. The lowest BCUT2D eigenvalue weighted by molar-refractivity contribution is 0.0314. The predicted octanol–water partition coefficient (Wildman–Crippen LogP) is 0.369. The Morgan fingerprint density at radius 1 is 1.50 bits per heavy atom. The zero-order valence-corrected chi connectivity index (χ0v) is 8.61. The van der Waals surface area contributed by atoms with Gasteiger partial charge in [0, 0.05) is 33.3 Å². The summed E-state index contributed by atoms with van der Waals surface area (Å²) in [6.07, 6.45) is 0. The fourth-order valence-electron chi connectivity index (χ4n) is 1.28. The molecule has 1 aliphatic rings. The summed E-state index contributed by atoms with van der Waals surface area (Å²) in [5.74, 6) is 0.563. The number of rotatable bonds is 4. The van der Waals surface area contributed by atoms with Crippen LogP contribution in [0.1, 0.15) is 6.92 Å². The van der Waals surface area contributed by atoms with Crippen molar-refractivity contribution in [1.82, 2.24) is 4.90 Å². The van der Waals surface area contributed by atoms with Gasteiger partial charge >= 0.3 is 0 Å². The van der Waals surface area contributed by atoms with Crippen LogP contribution in [-0.4, -0.2) is 57.0 Å². The number of hydrogen-bond donors (Lipinski definition) is 0. The summed E-state index contributed by atoms with van der Waals surface area (Å²) in [5.41, 5.74) is 0. The lowest BCUT2D eigenvalue weighted by Crippen LogP contribution is -2.38. The van der Waals surface area contributed by atoms with Crippen molar-refractivity contribution >= 4 is 12.6 Å². The van der Waals surface area contributed by atoms with Crippen molar-refractivity contribution < 1.29 is 9.47 Å². The van der Waals surface area contributed by atoms with Crippen LogP contribution < -0.4 is 0 Å². The molecule has 1 heterocycles. The Kier molecular flexibility index (Phi) is 5.17. The SMILES string of the molecule is C=N/N=C(\C)OCCN1CCOCC1. The lowest BCUT2D eigenvalue weighted by Gasteiger charge is -2.26. The monoisotopic (exact) mass is 199 g/mol. The van der Waals surface area contributed by atoms with Crippen molar-refractivity contribution in [2.45, 2.75) is 6.92 Å². The van der Waals surface area contributed by atoms with Crippen LogP contribution in [0.2, 0.25) is 0 Å². The van der Waals surface area contributed by atoms with Gasteiger partial charge in [0.1, 0.15) is 6.61 Å². The Morgan fingerprint density at radius 3 is 2.86 bits per heavy atom. The Hall–Kier alpha value is -0.940. The molecule has 0 aromatic carbocycles. The maximum atomic E-state index is 5.32. The van der Waals surface area contributed by atoms with E-state index >= 15 is 0 Å². The first kappa shape index (κ1) is 11.1. The van der Waals surface area contributed by atoms with E-state index in [2.05, 4.69) is 21.8 Å². The summed E-state index contributed by atoms with van der Waals surface area (Å²) in [4.78, 5) is 2.30. The topological polar surface area (TPSA) is 46.4 Å². The molecule has 0 amide bonds.